The van der Waals surface area contributed by atoms with E-state index in [-0.39, 0.29) is 6.03 Å². The fourth-order valence-corrected chi connectivity index (χ4v) is 2.12. The molecule has 0 spiro atoms. The fourth-order valence-electron chi connectivity index (χ4n) is 2.12. The molecule has 0 atom stereocenters. The molecule has 80 valence electrons. The minimum atomic E-state index is -0.0917. The van der Waals surface area contributed by atoms with E-state index in [1.165, 1.54) is 11.1 Å². The number of amides is 2. The molecule has 0 aromatic heterocycles. The minimum absolute atomic E-state index is 0.0917. The standard InChI is InChI=1S/C12H16N2O/c1-13-12(15)14-8-9-6-10-4-2-3-5-11(10)7-9/h2-5,9H,6-8H2,1H3,(H2,13,14,15). The molecule has 1 aromatic rings. The summed E-state index contributed by atoms with van der Waals surface area (Å²) in [6.45, 7) is 0.758. The molecule has 2 rings (SSSR count). The summed E-state index contributed by atoms with van der Waals surface area (Å²) in [4.78, 5) is 11.0. The molecule has 15 heavy (non-hydrogen) atoms. The molecule has 0 radical (unpaired) electrons. The third kappa shape index (κ3) is 2.29. The Labute approximate surface area is 89.9 Å². The Morgan fingerprint density at radius 3 is 2.47 bits per heavy atom. The van der Waals surface area contributed by atoms with Gasteiger partial charge >= 0.3 is 6.03 Å². The Morgan fingerprint density at radius 1 is 1.33 bits per heavy atom. The second kappa shape index (κ2) is 4.34. The summed E-state index contributed by atoms with van der Waals surface area (Å²) in [6.07, 6.45) is 2.17. The van der Waals surface area contributed by atoms with Crippen LogP contribution < -0.4 is 10.6 Å². The summed E-state index contributed by atoms with van der Waals surface area (Å²) in [7, 11) is 1.64. The lowest BCUT2D eigenvalue weighted by Gasteiger charge is -2.09. The summed E-state index contributed by atoms with van der Waals surface area (Å²) >= 11 is 0. The van der Waals surface area contributed by atoms with Crippen molar-refractivity contribution in [3.8, 4) is 0 Å². The normalized spacial score (nSPS) is 14.7. The zero-order chi connectivity index (χ0) is 10.7. The number of urea groups is 1. The van der Waals surface area contributed by atoms with Gasteiger partial charge < -0.3 is 10.6 Å². The highest BCUT2D eigenvalue weighted by molar-refractivity contribution is 5.73. The Bertz CT molecular complexity index is 337. The molecular formula is C12H16N2O. The van der Waals surface area contributed by atoms with Crippen molar-refractivity contribution >= 4 is 6.03 Å². The molecule has 0 unspecified atom stereocenters. The molecule has 3 heteroatoms. The van der Waals surface area contributed by atoms with Crippen LogP contribution in [0.2, 0.25) is 0 Å². The first-order valence-corrected chi connectivity index (χ1v) is 5.32. The molecule has 1 aliphatic carbocycles. The van der Waals surface area contributed by atoms with Gasteiger partial charge in [0, 0.05) is 13.6 Å². The molecule has 2 amide bonds. The minimum Gasteiger partial charge on any atom is -0.341 e. The molecule has 0 aliphatic heterocycles. The van der Waals surface area contributed by atoms with Crippen molar-refractivity contribution in [1.29, 1.82) is 0 Å². The Balaban J connectivity index is 1.88. The summed E-state index contributed by atoms with van der Waals surface area (Å²) in [5.41, 5.74) is 2.86. The van der Waals surface area contributed by atoms with Crippen LogP contribution in [0, 0.1) is 5.92 Å². The molecule has 2 N–H and O–H groups in total. The van der Waals surface area contributed by atoms with Crippen molar-refractivity contribution in [3.05, 3.63) is 35.4 Å². The Morgan fingerprint density at radius 2 is 1.93 bits per heavy atom. The van der Waals surface area contributed by atoms with Crippen molar-refractivity contribution in [2.24, 2.45) is 5.92 Å². The predicted molar refractivity (Wildman–Crippen MR) is 59.8 cm³/mol. The molecule has 3 nitrogen and oxygen atoms in total. The van der Waals surface area contributed by atoms with Crippen LogP contribution in [0.15, 0.2) is 24.3 Å². The average molecular weight is 204 g/mol. The monoisotopic (exact) mass is 204 g/mol. The van der Waals surface area contributed by atoms with Crippen LogP contribution in [0.1, 0.15) is 11.1 Å². The average Bonchev–Trinajstić information content (AvgIpc) is 2.68. The van der Waals surface area contributed by atoms with E-state index in [0.29, 0.717) is 5.92 Å². The lowest BCUT2D eigenvalue weighted by atomic mass is 10.1. The van der Waals surface area contributed by atoms with Crippen LogP contribution >= 0.6 is 0 Å². The number of carbonyl (C=O) groups is 1. The highest BCUT2D eigenvalue weighted by atomic mass is 16.2. The highest BCUT2D eigenvalue weighted by Crippen LogP contribution is 2.25. The van der Waals surface area contributed by atoms with Gasteiger partial charge in [-0.05, 0) is 29.9 Å². The van der Waals surface area contributed by atoms with Crippen molar-refractivity contribution in [1.82, 2.24) is 10.6 Å². The van der Waals surface area contributed by atoms with Crippen molar-refractivity contribution in [3.63, 3.8) is 0 Å². The summed E-state index contributed by atoms with van der Waals surface area (Å²) in [6, 6.07) is 8.41. The van der Waals surface area contributed by atoms with Gasteiger partial charge in [-0.15, -0.1) is 0 Å². The van der Waals surface area contributed by atoms with E-state index >= 15 is 0 Å². The van der Waals surface area contributed by atoms with Crippen LogP contribution in [-0.4, -0.2) is 19.6 Å². The SMILES string of the molecule is CNC(=O)NCC1Cc2ccccc2C1. The van der Waals surface area contributed by atoms with E-state index < -0.39 is 0 Å². The number of hydrogen-bond donors (Lipinski definition) is 2. The Hall–Kier alpha value is -1.51. The molecule has 0 heterocycles. The predicted octanol–water partition coefficient (Wildman–Crippen LogP) is 1.33. The zero-order valence-electron chi connectivity index (χ0n) is 8.92. The number of benzene rings is 1. The van der Waals surface area contributed by atoms with E-state index in [1.54, 1.807) is 7.05 Å². The maximum atomic E-state index is 11.0. The van der Waals surface area contributed by atoms with Gasteiger partial charge in [-0.2, -0.15) is 0 Å². The first kappa shape index (κ1) is 10.0. The maximum Gasteiger partial charge on any atom is 0.314 e. The molecule has 0 fully saturated rings. The molecule has 1 aromatic carbocycles. The van der Waals surface area contributed by atoms with E-state index in [0.717, 1.165) is 19.4 Å². The lowest BCUT2D eigenvalue weighted by molar-refractivity contribution is 0.241. The number of carbonyl (C=O) groups excluding carboxylic acids is 1. The number of nitrogens with one attached hydrogen (secondary N) is 2. The van der Waals surface area contributed by atoms with Crippen LogP contribution in [0.4, 0.5) is 4.79 Å². The van der Waals surface area contributed by atoms with Gasteiger partial charge in [0.25, 0.3) is 0 Å². The first-order chi connectivity index (χ1) is 7.29. The van der Waals surface area contributed by atoms with E-state index in [4.69, 9.17) is 0 Å². The largest absolute Gasteiger partial charge is 0.341 e. The van der Waals surface area contributed by atoms with Crippen LogP contribution in [0.25, 0.3) is 0 Å². The number of hydrogen-bond acceptors (Lipinski definition) is 1. The van der Waals surface area contributed by atoms with Gasteiger partial charge in [0.1, 0.15) is 0 Å². The molecule has 0 saturated carbocycles. The van der Waals surface area contributed by atoms with Gasteiger partial charge in [-0.1, -0.05) is 24.3 Å². The van der Waals surface area contributed by atoms with Crippen molar-refractivity contribution in [2.45, 2.75) is 12.8 Å². The lowest BCUT2D eigenvalue weighted by Crippen LogP contribution is -2.36. The molecular weight excluding hydrogens is 188 g/mol. The van der Waals surface area contributed by atoms with Gasteiger partial charge in [0.05, 0.1) is 0 Å². The summed E-state index contributed by atoms with van der Waals surface area (Å²) in [5.74, 6) is 0.555. The number of fused-ring (bicyclic) bond motifs is 1. The van der Waals surface area contributed by atoms with Gasteiger partial charge in [-0.25, -0.2) is 4.79 Å². The highest BCUT2D eigenvalue weighted by Gasteiger charge is 2.20. The van der Waals surface area contributed by atoms with Gasteiger partial charge in [0.2, 0.25) is 0 Å². The van der Waals surface area contributed by atoms with E-state index in [9.17, 15) is 4.79 Å². The van der Waals surface area contributed by atoms with Crippen LogP contribution in [-0.2, 0) is 12.8 Å². The summed E-state index contributed by atoms with van der Waals surface area (Å²) in [5, 5.41) is 5.42. The molecule has 1 aliphatic rings. The van der Waals surface area contributed by atoms with E-state index in [2.05, 4.69) is 34.9 Å². The maximum absolute atomic E-state index is 11.0. The molecule has 0 saturated heterocycles. The fraction of sp³-hybridized carbons (Fsp3) is 0.417. The smallest absolute Gasteiger partial charge is 0.314 e. The third-order valence-corrected chi connectivity index (χ3v) is 2.91. The third-order valence-electron chi connectivity index (χ3n) is 2.91. The number of rotatable bonds is 2. The zero-order valence-corrected chi connectivity index (χ0v) is 8.92. The van der Waals surface area contributed by atoms with Crippen molar-refractivity contribution in [2.75, 3.05) is 13.6 Å². The quantitative estimate of drug-likeness (QED) is 0.749. The van der Waals surface area contributed by atoms with E-state index in [1.807, 2.05) is 0 Å². The second-order valence-electron chi connectivity index (χ2n) is 4.00. The topological polar surface area (TPSA) is 41.1 Å². The van der Waals surface area contributed by atoms with Gasteiger partial charge in [0.15, 0.2) is 0 Å². The van der Waals surface area contributed by atoms with Crippen LogP contribution in [0.3, 0.4) is 0 Å². The Kier molecular flexibility index (Phi) is 2.90. The van der Waals surface area contributed by atoms with Crippen molar-refractivity contribution < 1.29 is 4.79 Å². The summed E-state index contributed by atoms with van der Waals surface area (Å²) < 4.78 is 0. The first-order valence-electron chi connectivity index (χ1n) is 5.32. The van der Waals surface area contributed by atoms with Crippen LogP contribution in [0.5, 0.6) is 0 Å². The van der Waals surface area contributed by atoms with Gasteiger partial charge in [-0.3, -0.25) is 0 Å². The molecule has 0 bridgehead atoms. The second-order valence-corrected chi connectivity index (χ2v) is 4.00.